The van der Waals surface area contributed by atoms with Crippen LogP contribution in [-0.2, 0) is 13.1 Å². The van der Waals surface area contributed by atoms with Crippen LogP contribution in [0.4, 0.5) is 0 Å². The van der Waals surface area contributed by atoms with Gasteiger partial charge in [0.05, 0.1) is 17.9 Å². The lowest BCUT2D eigenvalue weighted by Crippen LogP contribution is -2.16. The molecule has 0 saturated heterocycles. The van der Waals surface area contributed by atoms with Gasteiger partial charge in [-0.3, -0.25) is 4.68 Å². The molecule has 0 aliphatic carbocycles. The number of hydrogen-bond donors (Lipinski definition) is 1. The minimum atomic E-state index is 0.402. The van der Waals surface area contributed by atoms with Crippen LogP contribution in [0.1, 0.15) is 44.0 Å². The van der Waals surface area contributed by atoms with Crippen LogP contribution in [0.25, 0.3) is 0 Å². The largest absolute Gasteiger partial charge is 0.325 e. The fraction of sp³-hybridized carbons (Fsp3) is 0.571. The van der Waals surface area contributed by atoms with E-state index < -0.39 is 0 Å². The van der Waals surface area contributed by atoms with Gasteiger partial charge in [-0.15, -0.1) is 0 Å². The molecular weight excluding hydrogens is 238 g/mol. The molecule has 0 amide bonds. The van der Waals surface area contributed by atoms with Crippen molar-refractivity contribution in [3.05, 3.63) is 35.7 Å². The first kappa shape index (κ1) is 13.8. The van der Waals surface area contributed by atoms with Crippen LogP contribution >= 0.6 is 0 Å². The highest BCUT2D eigenvalue weighted by molar-refractivity contribution is 5.09. The Bertz CT molecular complexity index is 524. The first-order valence-corrected chi connectivity index (χ1v) is 6.87. The molecule has 2 aromatic heterocycles. The van der Waals surface area contributed by atoms with Gasteiger partial charge < -0.3 is 9.88 Å². The van der Waals surface area contributed by atoms with Gasteiger partial charge in [-0.1, -0.05) is 6.92 Å². The van der Waals surface area contributed by atoms with Crippen molar-refractivity contribution in [3.8, 4) is 0 Å². The van der Waals surface area contributed by atoms with E-state index in [4.69, 9.17) is 0 Å². The summed E-state index contributed by atoms with van der Waals surface area (Å²) < 4.78 is 4.21. The van der Waals surface area contributed by atoms with Crippen LogP contribution < -0.4 is 5.32 Å². The Morgan fingerprint density at radius 1 is 1.37 bits per heavy atom. The molecule has 5 nitrogen and oxygen atoms in total. The number of rotatable bonds is 6. The molecular formula is C14H23N5. The molecule has 2 heterocycles. The van der Waals surface area contributed by atoms with E-state index in [1.165, 1.54) is 5.69 Å². The topological polar surface area (TPSA) is 47.7 Å². The standard InChI is InChI=1S/C14H23N5/c1-5-15-8-14-9-16-12(4)18(14)10-13-6-7-19(17-13)11(2)3/h6-7,9,11,15H,5,8,10H2,1-4H3. The van der Waals surface area contributed by atoms with E-state index in [1.807, 2.05) is 24.0 Å². The first-order valence-electron chi connectivity index (χ1n) is 6.87. The fourth-order valence-electron chi connectivity index (χ4n) is 2.04. The van der Waals surface area contributed by atoms with Gasteiger partial charge in [-0.2, -0.15) is 5.10 Å². The molecule has 2 aromatic rings. The molecule has 2 rings (SSSR count). The van der Waals surface area contributed by atoms with Crippen molar-refractivity contribution >= 4 is 0 Å². The molecule has 1 N–H and O–H groups in total. The minimum Gasteiger partial charge on any atom is -0.325 e. The lowest BCUT2D eigenvalue weighted by Gasteiger charge is -2.09. The first-order chi connectivity index (χ1) is 9.11. The van der Waals surface area contributed by atoms with E-state index in [0.29, 0.717) is 6.04 Å². The highest BCUT2D eigenvalue weighted by atomic mass is 15.3. The second-order valence-electron chi connectivity index (χ2n) is 5.04. The van der Waals surface area contributed by atoms with Crippen LogP contribution in [0.15, 0.2) is 18.5 Å². The zero-order valence-electron chi connectivity index (χ0n) is 12.2. The molecule has 0 spiro atoms. The Kier molecular flexibility index (Phi) is 4.37. The predicted octanol–water partition coefficient (Wildman–Crippen LogP) is 2.13. The maximum absolute atomic E-state index is 4.59. The lowest BCUT2D eigenvalue weighted by atomic mass is 10.4. The molecule has 0 aliphatic heterocycles. The van der Waals surface area contributed by atoms with Crippen molar-refractivity contribution in [2.45, 2.75) is 46.8 Å². The van der Waals surface area contributed by atoms with Crippen LogP contribution in [-0.4, -0.2) is 25.9 Å². The van der Waals surface area contributed by atoms with Crippen molar-refractivity contribution in [2.24, 2.45) is 0 Å². The Labute approximate surface area is 114 Å². The van der Waals surface area contributed by atoms with Crippen molar-refractivity contribution in [3.63, 3.8) is 0 Å². The third kappa shape index (κ3) is 3.23. The Hall–Kier alpha value is -1.62. The van der Waals surface area contributed by atoms with Gasteiger partial charge in [-0.25, -0.2) is 4.98 Å². The molecule has 0 aliphatic rings. The summed E-state index contributed by atoms with van der Waals surface area (Å²) >= 11 is 0. The summed E-state index contributed by atoms with van der Waals surface area (Å²) in [7, 11) is 0. The fourth-order valence-corrected chi connectivity index (χ4v) is 2.04. The van der Waals surface area contributed by atoms with Gasteiger partial charge >= 0.3 is 0 Å². The Morgan fingerprint density at radius 2 is 2.16 bits per heavy atom. The van der Waals surface area contributed by atoms with Crippen LogP contribution in [0.2, 0.25) is 0 Å². The summed E-state index contributed by atoms with van der Waals surface area (Å²) in [6.07, 6.45) is 3.98. The molecule has 0 aromatic carbocycles. The van der Waals surface area contributed by atoms with E-state index in [1.54, 1.807) is 0 Å². The third-order valence-electron chi connectivity index (χ3n) is 3.21. The molecule has 104 valence electrons. The van der Waals surface area contributed by atoms with Gasteiger partial charge in [0.15, 0.2) is 0 Å². The van der Waals surface area contributed by atoms with Gasteiger partial charge in [0, 0.05) is 25.0 Å². The van der Waals surface area contributed by atoms with Crippen molar-refractivity contribution in [1.29, 1.82) is 0 Å². The second kappa shape index (κ2) is 6.02. The molecule has 0 unspecified atom stereocenters. The molecule has 5 heteroatoms. The molecule has 0 saturated carbocycles. The van der Waals surface area contributed by atoms with E-state index in [2.05, 4.69) is 46.8 Å². The quantitative estimate of drug-likeness (QED) is 0.866. The predicted molar refractivity (Wildman–Crippen MR) is 76.1 cm³/mol. The zero-order chi connectivity index (χ0) is 13.8. The van der Waals surface area contributed by atoms with E-state index in [0.717, 1.165) is 31.2 Å². The summed E-state index contributed by atoms with van der Waals surface area (Å²) in [5, 5.41) is 7.94. The van der Waals surface area contributed by atoms with E-state index in [9.17, 15) is 0 Å². The van der Waals surface area contributed by atoms with Crippen molar-refractivity contribution < 1.29 is 0 Å². The molecule has 0 atom stereocenters. The maximum atomic E-state index is 4.59. The van der Waals surface area contributed by atoms with Crippen LogP contribution in [0.3, 0.4) is 0 Å². The minimum absolute atomic E-state index is 0.402. The zero-order valence-corrected chi connectivity index (χ0v) is 12.2. The van der Waals surface area contributed by atoms with Crippen LogP contribution in [0, 0.1) is 6.92 Å². The number of imidazole rings is 1. The summed E-state index contributed by atoms with van der Waals surface area (Å²) in [5.74, 6) is 1.03. The average Bonchev–Trinajstić information content (AvgIpc) is 2.97. The van der Waals surface area contributed by atoms with E-state index >= 15 is 0 Å². The smallest absolute Gasteiger partial charge is 0.106 e. The molecule has 0 fully saturated rings. The average molecular weight is 261 g/mol. The van der Waals surface area contributed by atoms with Crippen molar-refractivity contribution in [2.75, 3.05) is 6.54 Å². The third-order valence-corrected chi connectivity index (χ3v) is 3.21. The van der Waals surface area contributed by atoms with Crippen molar-refractivity contribution in [1.82, 2.24) is 24.6 Å². The number of hydrogen-bond acceptors (Lipinski definition) is 3. The number of aromatic nitrogens is 4. The highest BCUT2D eigenvalue weighted by Gasteiger charge is 2.09. The number of nitrogens with zero attached hydrogens (tertiary/aromatic N) is 4. The van der Waals surface area contributed by atoms with Crippen LogP contribution in [0.5, 0.6) is 0 Å². The van der Waals surface area contributed by atoms with Gasteiger partial charge in [0.1, 0.15) is 5.82 Å². The highest BCUT2D eigenvalue weighted by Crippen LogP contribution is 2.10. The van der Waals surface area contributed by atoms with E-state index in [-0.39, 0.29) is 0 Å². The number of aryl methyl sites for hydroxylation is 1. The Balaban J connectivity index is 2.15. The Morgan fingerprint density at radius 3 is 2.79 bits per heavy atom. The number of nitrogens with one attached hydrogen (secondary N) is 1. The maximum Gasteiger partial charge on any atom is 0.106 e. The monoisotopic (exact) mass is 261 g/mol. The SMILES string of the molecule is CCNCc1cnc(C)n1Cc1ccn(C(C)C)n1. The van der Waals surface area contributed by atoms with Gasteiger partial charge in [0.2, 0.25) is 0 Å². The van der Waals surface area contributed by atoms with Gasteiger partial charge in [0.25, 0.3) is 0 Å². The summed E-state index contributed by atoms with van der Waals surface area (Å²) in [6, 6.07) is 2.48. The normalized spacial score (nSPS) is 11.4. The summed E-state index contributed by atoms with van der Waals surface area (Å²) in [5.41, 5.74) is 2.28. The lowest BCUT2D eigenvalue weighted by molar-refractivity contribution is 0.521. The molecule has 19 heavy (non-hydrogen) atoms. The second-order valence-corrected chi connectivity index (χ2v) is 5.04. The van der Waals surface area contributed by atoms with Gasteiger partial charge in [-0.05, 0) is 33.4 Å². The summed E-state index contributed by atoms with van der Waals surface area (Å²) in [6.45, 7) is 11.0. The molecule has 0 bridgehead atoms. The summed E-state index contributed by atoms with van der Waals surface area (Å²) in [4.78, 5) is 4.40. The molecule has 0 radical (unpaired) electrons.